The smallest absolute Gasteiger partial charge is 0.0726 e. The van der Waals surface area contributed by atoms with Gasteiger partial charge in [-0.05, 0) is 90.1 Å². The van der Waals surface area contributed by atoms with E-state index in [9.17, 15) is 0 Å². The number of nitrogens with one attached hydrogen (secondary N) is 1. The second-order valence-corrected chi connectivity index (χ2v) is 16.9. The van der Waals surface area contributed by atoms with E-state index in [4.69, 9.17) is 0 Å². The average Bonchev–Trinajstić information content (AvgIpc) is 3.84. The van der Waals surface area contributed by atoms with E-state index in [1.54, 1.807) is 0 Å². The van der Waals surface area contributed by atoms with Gasteiger partial charge in [-0.1, -0.05) is 183 Å². The summed E-state index contributed by atoms with van der Waals surface area (Å²) in [6.45, 7) is 2.45. The van der Waals surface area contributed by atoms with Gasteiger partial charge in [-0.15, -0.1) is 11.8 Å². The lowest BCUT2D eigenvalue weighted by atomic mass is 9.69. The molecule has 55 heavy (non-hydrogen) atoms. The van der Waals surface area contributed by atoms with Crippen molar-refractivity contribution in [1.29, 1.82) is 0 Å². The third kappa shape index (κ3) is 4.15. The maximum Gasteiger partial charge on any atom is 0.0726 e. The van der Waals surface area contributed by atoms with E-state index >= 15 is 0 Å². The summed E-state index contributed by atoms with van der Waals surface area (Å²) >= 11 is 2.07. The molecule has 0 radical (unpaired) electrons. The first kappa shape index (κ1) is 31.3. The van der Waals surface area contributed by atoms with Crippen molar-refractivity contribution < 1.29 is 0 Å². The lowest BCUT2D eigenvalue weighted by Gasteiger charge is -2.33. The first-order valence-corrected chi connectivity index (χ1v) is 20.3. The molecule has 2 heterocycles. The lowest BCUT2D eigenvalue weighted by Crippen LogP contribution is -2.32. The molecule has 260 valence electrons. The lowest BCUT2D eigenvalue weighted by molar-refractivity contribution is 0.628. The van der Waals surface area contributed by atoms with E-state index in [1.807, 2.05) is 0 Å². The average molecular weight is 720 g/mol. The predicted molar refractivity (Wildman–Crippen MR) is 230 cm³/mol. The number of rotatable bonds is 3. The van der Waals surface area contributed by atoms with Gasteiger partial charge in [0.15, 0.2) is 0 Å². The summed E-state index contributed by atoms with van der Waals surface area (Å²) in [6, 6.07) is 52.6. The van der Waals surface area contributed by atoms with Crippen LogP contribution in [-0.4, -0.2) is 11.3 Å². The van der Waals surface area contributed by atoms with Gasteiger partial charge < -0.3 is 5.32 Å². The Labute approximate surface area is 326 Å². The fourth-order valence-electron chi connectivity index (χ4n) is 10.6. The van der Waals surface area contributed by atoms with E-state index in [1.165, 1.54) is 88.4 Å². The fourth-order valence-corrected chi connectivity index (χ4v) is 12.3. The summed E-state index contributed by atoms with van der Waals surface area (Å²) in [4.78, 5) is 1.43. The van der Waals surface area contributed by atoms with Crippen molar-refractivity contribution in [2.75, 3.05) is 0 Å². The first-order valence-electron chi connectivity index (χ1n) is 19.4. The van der Waals surface area contributed by atoms with Gasteiger partial charge in [-0.25, -0.2) is 0 Å². The van der Waals surface area contributed by atoms with Crippen molar-refractivity contribution in [1.82, 2.24) is 5.32 Å². The quantitative estimate of drug-likeness (QED) is 0.195. The van der Waals surface area contributed by atoms with Gasteiger partial charge in [0, 0.05) is 26.8 Å². The molecule has 0 saturated carbocycles. The molecule has 2 heteroatoms. The maximum absolute atomic E-state index is 3.95. The summed E-state index contributed by atoms with van der Waals surface area (Å²) in [7, 11) is 0. The Morgan fingerprint density at radius 3 is 2.04 bits per heavy atom. The van der Waals surface area contributed by atoms with Crippen LogP contribution in [0.5, 0.6) is 0 Å². The molecule has 0 fully saturated rings. The molecule has 12 rings (SSSR count). The van der Waals surface area contributed by atoms with Crippen LogP contribution in [0.4, 0.5) is 0 Å². The van der Waals surface area contributed by atoms with Gasteiger partial charge in [0.1, 0.15) is 0 Å². The minimum absolute atomic E-state index is 0.108. The summed E-state index contributed by atoms with van der Waals surface area (Å²) in [5.74, 6) is 0. The highest BCUT2D eigenvalue weighted by Gasteiger charge is 2.55. The topological polar surface area (TPSA) is 12.0 Å². The van der Waals surface area contributed by atoms with Crippen molar-refractivity contribution in [3.63, 3.8) is 0 Å². The molecule has 1 nitrogen and oxygen atoms in total. The molecule has 0 aromatic heterocycles. The molecule has 4 aliphatic carbocycles. The Balaban J connectivity index is 1.11. The molecule has 1 spiro atoms. The number of fused-ring (bicyclic) bond motifs is 15. The number of thioether (sulfide) groups is 1. The Morgan fingerprint density at radius 2 is 1.27 bits per heavy atom. The summed E-state index contributed by atoms with van der Waals surface area (Å²) < 4.78 is 0. The van der Waals surface area contributed by atoms with Crippen LogP contribution in [0.3, 0.4) is 0 Å². The van der Waals surface area contributed by atoms with Crippen molar-refractivity contribution >= 4 is 28.6 Å². The second kappa shape index (κ2) is 11.5. The molecule has 0 saturated heterocycles. The van der Waals surface area contributed by atoms with E-state index in [2.05, 4.69) is 212 Å². The van der Waals surface area contributed by atoms with Gasteiger partial charge in [0.25, 0.3) is 0 Å². The van der Waals surface area contributed by atoms with Crippen LogP contribution >= 0.6 is 11.8 Å². The predicted octanol–water partition coefficient (Wildman–Crippen LogP) is 12.3. The molecule has 6 aromatic rings. The molecule has 2 aliphatic heterocycles. The number of allylic oxidation sites excluding steroid dienone is 7. The monoisotopic (exact) mass is 719 g/mol. The van der Waals surface area contributed by atoms with Crippen LogP contribution in [-0.2, 0) is 10.8 Å². The van der Waals surface area contributed by atoms with Crippen molar-refractivity contribution in [2.24, 2.45) is 0 Å². The minimum Gasteiger partial charge on any atom is -0.374 e. The number of benzene rings is 6. The zero-order valence-corrected chi connectivity index (χ0v) is 31.3. The maximum atomic E-state index is 3.95. The van der Waals surface area contributed by atoms with Crippen molar-refractivity contribution in [3.8, 4) is 22.3 Å². The van der Waals surface area contributed by atoms with Crippen molar-refractivity contribution in [2.45, 2.75) is 33.9 Å². The van der Waals surface area contributed by atoms with Gasteiger partial charge in [0.05, 0.1) is 11.5 Å². The highest BCUT2D eigenvalue weighted by atomic mass is 32.2. The molecule has 3 unspecified atom stereocenters. The Bertz CT molecular complexity index is 2780. The molecule has 6 aromatic carbocycles. The third-order valence-corrected chi connectivity index (χ3v) is 14.6. The minimum atomic E-state index is -0.433. The van der Waals surface area contributed by atoms with Crippen LogP contribution in [0.2, 0.25) is 0 Å². The molecule has 0 bridgehead atoms. The van der Waals surface area contributed by atoms with Crippen LogP contribution in [0, 0.1) is 0 Å². The van der Waals surface area contributed by atoms with Gasteiger partial charge in [-0.3, -0.25) is 0 Å². The zero-order chi connectivity index (χ0) is 36.3. The van der Waals surface area contributed by atoms with E-state index in [0.29, 0.717) is 0 Å². The summed E-state index contributed by atoms with van der Waals surface area (Å²) in [5, 5.41) is 4.24. The van der Waals surface area contributed by atoms with Gasteiger partial charge in [0.2, 0.25) is 0 Å². The molecule has 0 amide bonds. The van der Waals surface area contributed by atoms with Crippen LogP contribution in [0.1, 0.15) is 51.4 Å². The SMILES string of the molecule is CC12C=CC=C(c3ccccc3)C1Sc1c2ccc2c1-c1ccc(C3=CC(c4ccccc4)=C4C=CC=CC4N3)cc1C21c2ccccc2-c2ccccc21. The highest BCUT2D eigenvalue weighted by molar-refractivity contribution is 8.01. The highest BCUT2D eigenvalue weighted by Crippen LogP contribution is 2.67. The van der Waals surface area contributed by atoms with Crippen LogP contribution in [0.25, 0.3) is 39.1 Å². The van der Waals surface area contributed by atoms with E-state index in [-0.39, 0.29) is 16.7 Å². The first-order chi connectivity index (χ1) is 27.1. The van der Waals surface area contributed by atoms with Crippen molar-refractivity contribution in [3.05, 3.63) is 238 Å². The Morgan fingerprint density at radius 1 is 0.582 bits per heavy atom. The Hall–Kier alpha value is -6.09. The van der Waals surface area contributed by atoms with Gasteiger partial charge in [-0.2, -0.15) is 0 Å². The third-order valence-electron chi connectivity index (χ3n) is 13.0. The van der Waals surface area contributed by atoms with E-state index in [0.717, 1.165) is 5.70 Å². The summed E-state index contributed by atoms with van der Waals surface area (Å²) in [5.41, 5.74) is 20.7. The largest absolute Gasteiger partial charge is 0.374 e. The van der Waals surface area contributed by atoms with Crippen LogP contribution < -0.4 is 5.32 Å². The van der Waals surface area contributed by atoms with Crippen LogP contribution in [0.15, 0.2) is 199 Å². The number of hydrogen-bond donors (Lipinski definition) is 1. The zero-order valence-electron chi connectivity index (χ0n) is 30.5. The molecule has 6 aliphatic rings. The Kier molecular flexibility index (Phi) is 6.52. The van der Waals surface area contributed by atoms with Gasteiger partial charge >= 0.3 is 0 Å². The molecule has 1 N–H and O–H groups in total. The van der Waals surface area contributed by atoms with E-state index < -0.39 is 5.41 Å². The normalized spacial score (nSPS) is 22.5. The number of hydrogen-bond acceptors (Lipinski definition) is 2. The molecular weight excluding hydrogens is 683 g/mol. The number of dihydropyridines is 1. The summed E-state index contributed by atoms with van der Waals surface area (Å²) in [6.07, 6.45) is 18.3. The fraction of sp³-hybridized carbons (Fsp3) is 0.0943. The molecule has 3 atom stereocenters. The molecular formula is C53H37NS. The second-order valence-electron chi connectivity index (χ2n) is 15.8. The standard InChI is InChI=1S/C53H37NS/c1-52-30-14-22-36(33-15-4-2-5-16-33)51(52)55-50-45(52)29-28-44-49(50)40-27-26-35(48-32-41(34-17-6-3-7-18-34)39-21-10-13-25-47(39)54-48)31-46(40)53(44)42-23-11-8-19-37(42)38-20-9-12-24-43(38)53/h2-32,47,51,54H,1H3.